The summed E-state index contributed by atoms with van der Waals surface area (Å²) in [4.78, 5) is 23.4. The number of carbonyl (C=O) groups is 1. The van der Waals surface area contributed by atoms with Gasteiger partial charge in [-0.25, -0.2) is 4.98 Å². The van der Waals surface area contributed by atoms with Gasteiger partial charge in [0.1, 0.15) is 0 Å². The predicted octanol–water partition coefficient (Wildman–Crippen LogP) is 2.20. The fourth-order valence-electron chi connectivity index (χ4n) is 3.24. The van der Waals surface area contributed by atoms with Crippen LogP contribution < -0.4 is 21.7 Å². The molecule has 2 heterocycles. The van der Waals surface area contributed by atoms with Crippen LogP contribution in [-0.4, -0.2) is 53.0 Å². The Kier molecular flexibility index (Phi) is 5.29. The van der Waals surface area contributed by atoms with Crippen LogP contribution >= 0.6 is 0 Å². The lowest BCUT2D eigenvalue weighted by atomic mass is 10.0. The van der Waals surface area contributed by atoms with E-state index in [0.717, 1.165) is 44.5 Å². The minimum atomic E-state index is -0.0271. The SMILES string of the molecule is CN1CCC(NC(=O)c2ccc(Nc3ncc(N)c(NC4CC4)n3)cc2)CC1. The van der Waals surface area contributed by atoms with Crippen LogP contribution in [0.25, 0.3) is 0 Å². The van der Waals surface area contributed by atoms with Crippen molar-refractivity contribution >= 4 is 29.0 Å². The molecule has 1 amide bonds. The van der Waals surface area contributed by atoms with Gasteiger partial charge >= 0.3 is 0 Å². The van der Waals surface area contributed by atoms with Crippen molar-refractivity contribution in [2.45, 2.75) is 37.8 Å². The van der Waals surface area contributed by atoms with E-state index in [4.69, 9.17) is 5.73 Å². The summed E-state index contributed by atoms with van der Waals surface area (Å²) in [6.45, 7) is 2.04. The minimum absolute atomic E-state index is 0.0271. The molecule has 2 aromatic rings. The largest absolute Gasteiger partial charge is 0.394 e. The van der Waals surface area contributed by atoms with Crippen LogP contribution in [0.1, 0.15) is 36.0 Å². The van der Waals surface area contributed by atoms with E-state index in [0.29, 0.717) is 29.1 Å². The van der Waals surface area contributed by atoms with Gasteiger partial charge in [-0.15, -0.1) is 0 Å². The number of rotatable bonds is 6. The van der Waals surface area contributed by atoms with E-state index >= 15 is 0 Å². The average Bonchev–Trinajstić information content (AvgIpc) is 3.51. The van der Waals surface area contributed by atoms with E-state index in [1.807, 2.05) is 24.3 Å². The minimum Gasteiger partial charge on any atom is -0.394 e. The first kappa shape index (κ1) is 18.5. The molecule has 28 heavy (non-hydrogen) atoms. The molecule has 0 atom stereocenters. The van der Waals surface area contributed by atoms with E-state index in [9.17, 15) is 4.79 Å². The first-order valence-corrected chi connectivity index (χ1v) is 9.82. The number of nitrogen functional groups attached to an aromatic ring is 1. The number of amides is 1. The van der Waals surface area contributed by atoms with E-state index in [-0.39, 0.29) is 11.9 Å². The molecule has 1 saturated carbocycles. The standard InChI is InChI=1S/C20H27N7O/c1-27-10-8-16(9-11-27)24-19(28)13-2-4-15(5-3-13)25-20-22-12-17(21)18(26-20)23-14-6-7-14/h2-5,12,14,16H,6-11,21H2,1H3,(H,24,28)(H2,22,23,25,26). The zero-order chi connectivity index (χ0) is 19.5. The predicted molar refractivity (Wildman–Crippen MR) is 111 cm³/mol. The van der Waals surface area contributed by atoms with E-state index in [1.54, 1.807) is 6.20 Å². The smallest absolute Gasteiger partial charge is 0.251 e. The summed E-state index contributed by atoms with van der Waals surface area (Å²) >= 11 is 0. The van der Waals surface area contributed by atoms with Crippen LogP contribution in [0.15, 0.2) is 30.5 Å². The number of aromatic nitrogens is 2. The van der Waals surface area contributed by atoms with Gasteiger partial charge < -0.3 is 26.6 Å². The van der Waals surface area contributed by atoms with Gasteiger partial charge in [-0.2, -0.15) is 4.98 Å². The van der Waals surface area contributed by atoms with E-state index in [1.165, 1.54) is 0 Å². The number of likely N-dealkylation sites (tertiary alicyclic amines) is 1. The molecule has 5 N–H and O–H groups in total. The number of hydrogen-bond acceptors (Lipinski definition) is 7. The molecule has 1 aliphatic carbocycles. The van der Waals surface area contributed by atoms with Crippen molar-refractivity contribution in [2.24, 2.45) is 0 Å². The van der Waals surface area contributed by atoms with Crippen molar-refractivity contribution in [1.82, 2.24) is 20.2 Å². The van der Waals surface area contributed by atoms with Crippen LogP contribution in [0.2, 0.25) is 0 Å². The summed E-state index contributed by atoms with van der Waals surface area (Å²) in [5.74, 6) is 1.11. The summed E-state index contributed by atoms with van der Waals surface area (Å²) in [5.41, 5.74) is 7.94. The van der Waals surface area contributed by atoms with Crippen molar-refractivity contribution in [3.05, 3.63) is 36.0 Å². The van der Waals surface area contributed by atoms with Crippen molar-refractivity contribution in [3.63, 3.8) is 0 Å². The summed E-state index contributed by atoms with van der Waals surface area (Å²) in [5, 5.41) is 9.60. The number of piperidine rings is 1. The molecule has 148 valence electrons. The van der Waals surface area contributed by atoms with Gasteiger partial charge in [-0.1, -0.05) is 0 Å². The van der Waals surface area contributed by atoms with Gasteiger partial charge in [0.05, 0.1) is 11.9 Å². The first-order chi connectivity index (χ1) is 13.6. The summed E-state index contributed by atoms with van der Waals surface area (Å²) < 4.78 is 0. The van der Waals surface area contributed by atoms with Crippen LogP contribution in [0.4, 0.5) is 23.1 Å². The second kappa shape index (κ2) is 8.02. The summed E-state index contributed by atoms with van der Waals surface area (Å²) in [6.07, 6.45) is 5.88. The van der Waals surface area contributed by atoms with Gasteiger partial charge in [0.25, 0.3) is 5.91 Å². The molecule has 1 aromatic heterocycles. The Labute approximate surface area is 164 Å². The lowest BCUT2D eigenvalue weighted by molar-refractivity contribution is 0.0917. The zero-order valence-corrected chi connectivity index (χ0v) is 16.1. The van der Waals surface area contributed by atoms with E-state index in [2.05, 4.69) is 37.9 Å². The Balaban J connectivity index is 1.36. The first-order valence-electron chi connectivity index (χ1n) is 9.82. The molecule has 0 radical (unpaired) electrons. The molecule has 0 unspecified atom stereocenters. The topological polar surface area (TPSA) is 108 Å². The van der Waals surface area contributed by atoms with Gasteiger partial charge in [-0.3, -0.25) is 4.79 Å². The molecular weight excluding hydrogens is 354 g/mol. The molecule has 0 bridgehead atoms. The number of carbonyl (C=O) groups excluding carboxylic acids is 1. The molecule has 0 spiro atoms. The number of nitrogens with one attached hydrogen (secondary N) is 3. The highest BCUT2D eigenvalue weighted by Crippen LogP contribution is 2.27. The van der Waals surface area contributed by atoms with Crippen LogP contribution in [0.3, 0.4) is 0 Å². The Morgan fingerprint density at radius 2 is 1.82 bits per heavy atom. The molecular formula is C20H27N7O. The molecule has 8 heteroatoms. The number of anilines is 4. The molecule has 1 aliphatic heterocycles. The van der Waals surface area contributed by atoms with Crippen molar-refractivity contribution in [3.8, 4) is 0 Å². The second-order valence-corrected chi connectivity index (χ2v) is 7.67. The maximum Gasteiger partial charge on any atom is 0.251 e. The molecule has 1 aromatic carbocycles. The number of benzene rings is 1. The van der Waals surface area contributed by atoms with Gasteiger partial charge in [0.2, 0.25) is 5.95 Å². The summed E-state index contributed by atoms with van der Waals surface area (Å²) in [7, 11) is 2.11. The van der Waals surface area contributed by atoms with Gasteiger partial charge in [0, 0.05) is 23.3 Å². The highest BCUT2D eigenvalue weighted by molar-refractivity contribution is 5.94. The van der Waals surface area contributed by atoms with Gasteiger partial charge in [0.15, 0.2) is 5.82 Å². The number of nitrogens with zero attached hydrogens (tertiary/aromatic N) is 3. The average molecular weight is 381 g/mol. The lowest BCUT2D eigenvalue weighted by Crippen LogP contribution is -2.43. The Morgan fingerprint density at radius 1 is 1.11 bits per heavy atom. The Bertz CT molecular complexity index is 827. The van der Waals surface area contributed by atoms with Crippen LogP contribution in [0, 0.1) is 0 Å². The highest BCUT2D eigenvalue weighted by atomic mass is 16.1. The maximum absolute atomic E-state index is 12.5. The molecule has 1 saturated heterocycles. The fourth-order valence-corrected chi connectivity index (χ4v) is 3.24. The number of hydrogen-bond donors (Lipinski definition) is 4. The molecule has 2 aliphatic rings. The van der Waals surface area contributed by atoms with Crippen molar-refractivity contribution < 1.29 is 4.79 Å². The molecule has 4 rings (SSSR count). The maximum atomic E-state index is 12.5. The molecule has 8 nitrogen and oxygen atoms in total. The third-order valence-corrected chi connectivity index (χ3v) is 5.19. The third kappa shape index (κ3) is 4.69. The fraction of sp³-hybridized carbons (Fsp3) is 0.450. The quantitative estimate of drug-likeness (QED) is 0.607. The number of nitrogens with two attached hydrogens (primary N) is 1. The zero-order valence-electron chi connectivity index (χ0n) is 16.1. The second-order valence-electron chi connectivity index (χ2n) is 7.67. The van der Waals surface area contributed by atoms with Crippen molar-refractivity contribution in [2.75, 3.05) is 36.5 Å². The van der Waals surface area contributed by atoms with Crippen molar-refractivity contribution in [1.29, 1.82) is 0 Å². The third-order valence-electron chi connectivity index (χ3n) is 5.19. The van der Waals surface area contributed by atoms with Crippen LogP contribution in [-0.2, 0) is 0 Å². The van der Waals surface area contributed by atoms with Crippen LogP contribution in [0.5, 0.6) is 0 Å². The lowest BCUT2D eigenvalue weighted by Gasteiger charge is -2.29. The normalized spacial score (nSPS) is 17.9. The van der Waals surface area contributed by atoms with Gasteiger partial charge in [-0.05, 0) is 70.1 Å². The monoisotopic (exact) mass is 381 g/mol. The Morgan fingerprint density at radius 3 is 2.50 bits per heavy atom. The molecule has 2 fully saturated rings. The summed E-state index contributed by atoms with van der Waals surface area (Å²) in [6, 6.07) is 8.06. The highest BCUT2D eigenvalue weighted by Gasteiger charge is 2.22. The Hall–Kier alpha value is -2.87. The van der Waals surface area contributed by atoms with E-state index < -0.39 is 0 Å².